The van der Waals surface area contributed by atoms with Gasteiger partial charge >= 0.3 is 15.4 Å². The molecule has 19 heavy (non-hydrogen) atoms. The van der Waals surface area contributed by atoms with Gasteiger partial charge in [-0.3, -0.25) is 0 Å². The molecule has 0 N–H and O–H groups in total. The maximum Gasteiger partial charge on any atom is 0.397 e. The van der Waals surface area contributed by atoms with Crippen molar-refractivity contribution in [1.29, 1.82) is 0 Å². The van der Waals surface area contributed by atoms with E-state index < -0.39 is 34.8 Å². The quantitative estimate of drug-likeness (QED) is 0.633. The highest BCUT2D eigenvalue weighted by Gasteiger charge is 2.52. The first-order valence-electron chi connectivity index (χ1n) is 5.17. The van der Waals surface area contributed by atoms with Gasteiger partial charge < -0.3 is 0 Å². The van der Waals surface area contributed by atoms with E-state index in [1.807, 2.05) is 0 Å². The van der Waals surface area contributed by atoms with E-state index in [9.17, 15) is 26.1 Å². The molecular formula is C10H12F4O3SSi. The molecular weight excluding hydrogens is 304 g/mol. The molecule has 0 aromatic heterocycles. The van der Waals surface area contributed by atoms with Crippen LogP contribution in [0.4, 0.5) is 17.7 Å². The van der Waals surface area contributed by atoms with Crippen molar-refractivity contribution in [3.05, 3.63) is 29.6 Å². The molecule has 0 bridgehead atoms. The maximum absolute atomic E-state index is 13.8. The van der Waals surface area contributed by atoms with E-state index >= 15 is 0 Å². The van der Waals surface area contributed by atoms with E-state index in [0.29, 0.717) is 0 Å². The van der Waals surface area contributed by atoms with Crippen LogP contribution in [0, 0.1) is 5.82 Å². The monoisotopic (exact) mass is 316 g/mol. The Hall–Kier alpha value is -0.933. The normalized spacial score (nSPS) is 13.6. The first kappa shape index (κ1) is 16.1. The minimum absolute atomic E-state index is 0.374. The molecule has 0 saturated heterocycles. The Bertz CT molecular complexity index is 581. The van der Waals surface area contributed by atoms with Gasteiger partial charge in [0.2, 0.25) is 0 Å². The van der Waals surface area contributed by atoms with E-state index in [1.165, 1.54) is 0 Å². The van der Waals surface area contributed by atoms with Gasteiger partial charge in [0.05, 0.1) is 8.07 Å². The number of alkyl halides is 2. The highest BCUT2D eigenvalue weighted by atomic mass is 32.2. The Kier molecular flexibility index (Phi) is 4.14. The molecule has 0 saturated carbocycles. The van der Waals surface area contributed by atoms with Gasteiger partial charge in [-0.25, -0.2) is 4.39 Å². The van der Waals surface area contributed by atoms with Crippen molar-refractivity contribution in [2.75, 3.05) is 0 Å². The zero-order valence-corrected chi connectivity index (χ0v) is 12.2. The molecule has 1 aromatic carbocycles. The number of hydrogen-bond acceptors (Lipinski definition) is 3. The smallest absolute Gasteiger partial charge is 0.207 e. The van der Waals surface area contributed by atoms with Crippen LogP contribution in [0.15, 0.2) is 18.2 Å². The molecule has 0 spiro atoms. The summed E-state index contributed by atoms with van der Waals surface area (Å²) >= 11 is 0. The highest BCUT2D eigenvalue weighted by molar-refractivity contribution is 7.87. The summed E-state index contributed by atoms with van der Waals surface area (Å²) in [6.07, 6.45) is 0. The van der Waals surface area contributed by atoms with Gasteiger partial charge in [-0.15, -0.1) is 0 Å². The lowest BCUT2D eigenvalue weighted by atomic mass is 10.2. The molecule has 0 aliphatic heterocycles. The fourth-order valence-corrected chi connectivity index (χ4v) is 4.16. The van der Waals surface area contributed by atoms with Crippen LogP contribution in [0.5, 0.6) is 0 Å². The van der Waals surface area contributed by atoms with E-state index in [1.54, 1.807) is 19.6 Å². The van der Waals surface area contributed by atoms with Crippen molar-refractivity contribution in [2.45, 2.75) is 24.9 Å². The zero-order valence-electron chi connectivity index (χ0n) is 10.4. The first-order valence-corrected chi connectivity index (χ1v) is 10.1. The lowest BCUT2D eigenvalue weighted by molar-refractivity contribution is -0.0287. The van der Waals surface area contributed by atoms with Gasteiger partial charge in [0, 0.05) is 5.56 Å². The van der Waals surface area contributed by atoms with Crippen molar-refractivity contribution >= 4 is 23.4 Å². The predicted molar refractivity (Wildman–Crippen MR) is 64.4 cm³/mol. The fraction of sp³-hybridized carbons (Fsp3) is 0.400. The summed E-state index contributed by atoms with van der Waals surface area (Å²) in [5.74, 6) is -0.939. The zero-order chi connectivity index (χ0) is 15.1. The van der Waals surface area contributed by atoms with Crippen molar-refractivity contribution in [2.24, 2.45) is 0 Å². The molecule has 0 atom stereocenters. The Labute approximate surface area is 109 Å². The summed E-state index contributed by atoms with van der Waals surface area (Å²) in [4.78, 5) is 0. The molecule has 0 aliphatic carbocycles. The van der Waals surface area contributed by atoms with Crippen LogP contribution >= 0.6 is 0 Å². The average Bonchev–Trinajstić information content (AvgIpc) is 2.26. The number of benzene rings is 1. The third-order valence-corrected chi connectivity index (χ3v) is 5.50. The minimum atomic E-state index is -5.79. The maximum atomic E-state index is 13.8. The molecule has 0 amide bonds. The molecule has 3 nitrogen and oxygen atoms in total. The Morgan fingerprint density at radius 2 is 1.74 bits per heavy atom. The summed E-state index contributed by atoms with van der Waals surface area (Å²) in [6.45, 7) is 4.69. The first-order chi connectivity index (χ1) is 8.45. The van der Waals surface area contributed by atoms with Crippen molar-refractivity contribution < 1.29 is 30.5 Å². The summed E-state index contributed by atoms with van der Waals surface area (Å²) in [6, 6.07) is 2.65. The van der Waals surface area contributed by atoms with Crippen LogP contribution in [0.3, 0.4) is 0 Å². The van der Waals surface area contributed by atoms with Crippen LogP contribution in [-0.4, -0.2) is 16.5 Å². The van der Waals surface area contributed by atoms with Crippen LogP contribution in [0.2, 0.25) is 19.6 Å². The molecule has 1 rings (SSSR count). The van der Waals surface area contributed by atoms with Gasteiger partial charge in [-0.1, -0.05) is 36.2 Å². The number of hydrogen-bond donors (Lipinski definition) is 0. The second-order valence-corrected chi connectivity index (χ2v) is 11.5. The number of halogens is 4. The van der Waals surface area contributed by atoms with Gasteiger partial charge in [-0.2, -0.15) is 17.2 Å². The van der Waals surface area contributed by atoms with Gasteiger partial charge in [0.15, 0.2) is 0 Å². The van der Waals surface area contributed by atoms with Crippen LogP contribution in [0.25, 0.3) is 0 Å². The standard InChI is InChI=1S/C10H12F4O3SSi/c1-19(2,3)9-7(5-4-6-8(9)11)10(12,13)18(15,16)17-14/h4-6H,1-3H3. The number of rotatable bonds is 4. The largest absolute Gasteiger partial charge is 0.397 e. The van der Waals surface area contributed by atoms with E-state index in [-0.39, 0.29) is 5.19 Å². The van der Waals surface area contributed by atoms with Gasteiger partial charge in [-0.05, 0) is 15.8 Å². The SMILES string of the molecule is C[Si](C)(C)c1c(F)cccc1C(F)(F)S(=O)(=O)OF. The molecule has 0 aliphatic rings. The van der Waals surface area contributed by atoms with Crippen LogP contribution in [0.1, 0.15) is 5.56 Å². The predicted octanol–water partition coefficient (Wildman–Crippen LogP) is 2.65. The van der Waals surface area contributed by atoms with Gasteiger partial charge in [0.25, 0.3) is 0 Å². The summed E-state index contributed by atoms with van der Waals surface area (Å²) in [7, 11) is -8.42. The van der Waals surface area contributed by atoms with Crippen molar-refractivity contribution in [3.63, 3.8) is 0 Å². The third kappa shape index (κ3) is 2.82. The van der Waals surface area contributed by atoms with Gasteiger partial charge in [0.1, 0.15) is 5.82 Å². The highest BCUT2D eigenvalue weighted by Crippen LogP contribution is 2.35. The minimum Gasteiger partial charge on any atom is -0.207 e. The second kappa shape index (κ2) is 4.87. The fourth-order valence-electron chi connectivity index (χ4n) is 1.70. The third-order valence-electron chi connectivity index (χ3n) is 2.47. The summed E-state index contributed by atoms with van der Waals surface area (Å²) in [5.41, 5.74) is -1.08. The Morgan fingerprint density at radius 1 is 1.21 bits per heavy atom. The molecule has 0 unspecified atom stereocenters. The molecule has 1 aromatic rings. The molecule has 0 radical (unpaired) electrons. The van der Waals surface area contributed by atoms with Crippen molar-refractivity contribution in [1.82, 2.24) is 0 Å². The Balaban J connectivity index is 3.66. The molecule has 108 valence electrons. The summed E-state index contributed by atoms with van der Waals surface area (Å²) < 4.78 is 77.5. The Morgan fingerprint density at radius 3 is 2.16 bits per heavy atom. The molecule has 9 heteroatoms. The second-order valence-electron chi connectivity index (χ2n) is 4.95. The lowest BCUT2D eigenvalue weighted by Crippen LogP contribution is -2.46. The lowest BCUT2D eigenvalue weighted by Gasteiger charge is -2.25. The van der Waals surface area contributed by atoms with Crippen molar-refractivity contribution in [3.8, 4) is 0 Å². The van der Waals surface area contributed by atoms with E-state index in [2.05, 4.69) is 4.39 Å². The van der Waals surface area contributed by atoms with Crippen LogP contribution in [-0.2, 0) is 19.8 Å². The van der Waals surface area contributed by atoms with E-state index in [4.69, 9.17) is 0 Å². The molecule has 0 heterocycles. The summed E-state index contributed by atoms with van der Waals surface area (Å²) in [5, 5.41) is -5.03. The van der Waals surface area contributed by atoms with Crippen LogP contribution < -0.4 is 5.19 Å². The average molecular weight is 316 g/mol. The topological polar surface area (TPSA) is 43.4 Å². The van der Waals surface area contributed by atoms with E-state index in [0.717, 1.165) is 18.2 Å². The molecule has 0 fully saturated rings.